The maximum atomic E-state index is 12.0. The van der Waals surface area contributed by atoms with E-state index in [1.165, 1.54) is 0 Å². The Kier molecular flexibility index (Phi) is 5.84. The molecule has 0 fully saturated rings. The molecule has 0 saturated carbocycles. The van der Waals surface area contributed by atoms with E-state index in [2.05, 4.69) is 4.74 Å². The van der Waals surface area contributed by atoms with Crippen molar-refractivity contribution in [1.29, 1.82) is 0 Å². The van der Waals surface area contributed by atoms with Crippen molar-refractivity contribution in [3.8, 4) is 0 Å². The molecule has 0 heterocycles. The zero-order valence-corrected chi connectivity index (χ0v) is 9.13. The Bertz CT molecular complexity index is 253. The van der Waals surface area contributed by atoms with Crippen LogP contribution in [0.3, 0.4) is 0 Å². The van der Waals surface area contributed by atoms with E-state index < -0.39 is 31.0 Å². The fourth-order valence-corrected chi connectivity index (χ4v) is 1.07. The number of nitrogens with zero attached hydrogens (tertiary/aromatic N) is 1. The van der Waals surface area contributed by atoms with Crippen LogP contribution in [0.2, 0.25) is 0 Å². The Morgan fingerprint density at radius 2 is 1.88 bits per heavy atom. The van der Waals surface area contributed by atoms with Crippen LogP contribution >= 0.6 is 0 Å². The molecule has 94 valence electrons. The van der Waals surface area contributed by atoms with Gasteiger partial charge in [0, 0.05) is 6.54 Å². The van der Waals surface area contributed by atoms with E-state index in [0.29, 0.717) is 6.42 Å². The fraction of sp³-hybridized carbons (Fsp3) is 0.778. The van der Waals surface area contributed by atoms with E-state index in [0.717, 1.165) is 12.0 Å². The minimum absolute atomic E-state index is 0.101. The highest BCUT2D eigenvalue weighted by atomic mass is 19.4. The van der Waals surface area contributed by atoms with Crippen LogP contribution in [-0.4, -0.2) is 43.2 Å². The van der Waals surface area contributed by atoms with Crippen molar-refractivity contribution in [1.82, 2.24) is 4.90 Å². The Hall–Kier alpha value is -1.27. The minimum Gasteiger partial charge on any atom is -0.468 e. The molecule has 0 atom stereocenters. The second-order valence-electron chi connectivity index (χ2n) is 3.18. The Labute approximate surface area is 91.4 Å². The maximum Gasteiger partial charge on any atom is 0.397 e. The first kappa shape index (κ1) is 14.7. The molecular formula is C9H14F3NO3. The van der Waals surface area contributed by atoms with Crippen molar-refractivity contribution in [3.63, 3.8) is 0 Å². The van der Waals surface area contributed by atoms with E-state index >= 15 is 0 Å². The molecule has 0 aromatic carbocycles. The number of alkyl halides is 3. The zero-order chi connectivity index (χ0) is 12.8. The molecule has 0 aliphatic heterocycles. The molecule has 0 aromatic rings. The highest BCUT2D eigenvalue weighted by Gasteiger charge is 2.33. The normalized spacial score (nSPS) is 11.1. The van der Waals surface area contributed by atoms with Crippen LogP contribution in [0, 0.1) is 0 Å². The van der Waals surface area contributed by atoms with Crippen LogP contribution in [0.4, 0.5) is 13.2 Å². The first-order valence-electron chi connectivity index (χ1n) is 4.71. The van der Waals surface area contributed by atoms with Gasteiger partial charge in [-0.05, 0) is 6.42 Å². The molecule has 0 N–H and O–H groups in total. The summed E-state index contributed by atoms with van der Waals surface area (Å²) < 4.78 is 40.2. The maximum absolute atomic E-state index is 12.0. The molecule has 0 aliphatic rings. The predicted molar refractivity (Wildman–Crippen MR) is 49.6 cm³/mol. The smallest absolute Gasteiger partial charge is 0.397 e. The molecule has 4 nitrogen and oxygen atoms in total. The Morgan fingerprint density at radius 1 is 1.31 bits per heavy atom. The lowest BCUT2D eigenvalue weighted by Gasteiger charge is -2.21. The molecule has 0 bridgehead atoms. The van der Waals surface area contributed by atoms with Crippen LogP contribution in [0.25, 0.3) is 0 Å². The quantitative estimate of drug-likeness (QED) is 0.682. The van der Waals surface area contributed by atoms with E-state index in [9.17, 15) is 22.8 Å². The summed E-state index contributed by atoms with van der Waals surface area (Å²) >= 11 is 0. The lowest BCUT2D eigenvalue weighted by Crippen LogP contribution is -2.38. The summed E-state index contributed by atoms with van der Waals surface area (Å²) in [6, 6.07) is 0. The minimum atomic E-state index is -4.56. The number of amides is 1. The van der Waals surface area contributed by atoms with E-state index in [1.807, 2.05) is 0 Å². The molecule has 1 amide bonds. The molecule has 0 aliphatic carbocycles. The topological polar surface area (TPSA) is 46.6 Å². The number of hydrogen-bond donors (Lipinski definition) is 0. The number of ether oxygens (including phenoxy) is 1. The van der Waals surface area contributed by atoms with E-state index in [1.54, 1.807) is 6.92 Å². The molecule has 0 saturated heterocycles. The first-order chi connectivity index (χ1) is 7.30. The summed E-state index contributed by atoms with van der Waals surface area (Å²) in [5.41, 5.74) is 0. The third kappa shape index (κ3) is 6.26. The molecule has 16 heavy (non-hydrogen) atoms. The van der Waals surface area contributed by atoms with Crippen LogP contribution in [-0.2, 0) is 14.3 Å². The third-order valence-corrected chi connectivity index (χ3v) is 1.75. The standard InChI is InChI=1S/C9H14F3NO3/c1-3-4-13(6-8(15)16-2)7(14)5-9(10,11)12/h3-6H2,1-2H3. The van der Waals surface area contributed by atoms with Gasteiger partial charge in [-0.15, -0.1) is 0 Å². The molecule has 0 unspecified atom stereocenters. The average molecular weight is 241 g/mol. The van der Waals surface area contributed by atoms with Crippen LogP contribution in [0.15, 0.2) is 0 Å². The van der Waals surface area contributed by atoms with Gasteiger partial charge in [-0.3, -0.25) is 9.59 Å². The van der Waals surface area contributed by atoms with Gasteiger partial charge in [-0.25, -0.2) is 0 Å². The summed E-state index contributed by atoms with van der Waals surface area (Å²) in [7, 11) is 1.11. The number of methoxy groups -OCH3 is 1. The Balaban J connectivity index is 4.40. The zero-order valence-electron chi connectivity index (χ0n) is 9.13. The lowest BCUT2D eigenvalue weighted by molar-refractivity contribution is -0.164. The number of rotatable bonds is 5. The SMILES string of the molecule is CCCN(CC(=O)OC)C(=O)CC(F)(F)F. The van der Waals surface area contributed by atoms with Gasteiger partial charge in [0.25, 0.3) is 0 Å². The summed E-state index contributed by atoms with van der Waals surface area (Å²) in [4.78, 5) is 22.9. The van der Waals surface area contributed by atoms with Gasteiger partial charge in [-0.1, -0.05) is 6.92 Å². The second-order valence-corrected chi connectivity index (χ2v) is 3.18. The molecular weight excluding hydrogens is 227 g/mol. The van der Waals surface area contributed by atoms with Crippen molar-refractivity contribution >= 4 is 11.9 Å². The Morgan fingerprint density at radius 3 is 2.25 bits per heavy atom. The van der Waals surface area contributed by atoms with Gasteiger partial charge in [0.1, 0.15) is 13.0 Å². The van der Waals surface area contributed by atoms with Crippen molar-refractivity contribution in [2.75, 3.05) is 20.2 Å². The second kappa shape index (κ2) is 6.34. The monoisotopic (exact) mass is 241 g/mol. The molecule has 0 aromatic heterocycles. The van der Waals surface area contributed by atoms with Crippen molar-refractivity contribution < 1.29 is 27.5 Å². The average Bonchev–Trinajstić information content (AvgIpc) is 2.14. The number of carbonyl (C=O) groups excluding carboxylic acids is 2. The van der Waals surface area contributed by atoms with Crippen LogP contribution in [0.5, 0.6) is 0 Å². The highest BCUT2D eigenvalue weighted by molar-refractivity contribution is 5.82. The van der Waals surface area contributed by atoms with Crippen molar-refractivity contribution in [3.05, 3.63) is 0 Å². The molecule has 0 spiro atoms. The number of hydrogen-bond acceptors (Lipinski definition) is 3. The predicted octanol–water partition coefficient (Wildman–Crippen LogP) is 1.35. The first-order valence-corrected chi connectivity index (χ1v) is 4.71. The highest BCUT2D eigenvalue weighted by Crippen LogP contribution is 2.20. The molecule has 0 radical (unpaired) electrons. The number of esters is 1. The third-order valence-electron chi connectivity index (χ3n) is 1.75. The van der Waals surface area contributed by atoms with Crippen molar-refractivity contribution in [2.24, 2.45) is 0 Å². The van der Waals surface area contributed by atoms with Gasteiger partial charge in [0.2, 0.25) is 5.91 Å². The fourth-order valence-electron chi connectivity index (χ4n) is 1.07. The van der Waals surface area contributed by atoms with Gasteiger partial charge in [0.05, 0.1) is 7.11 Å². The summed E-state index contributed by atoms with van der Waals surface area (Å²) in [5.74, 6) is -1.84. The summed E-state index contributed by atoms with van der Waals surface area (Å²) in [6.07, 6.45) is -5.64. The number of halogens is 3. The van der Waals surface area contributed by atoms with Crippen LogP contribution < -0.4 is 0 Å². The van der Waals surface area contributed by atoms with Crippen LogP contribution in [0.1, 0.15) is 19.8 Å². The van der Waals surface area contributed by atoms with Gasteiger partial charge < -0.3 is 9.64 Å². The van der Waals surface area contributed by atoms with Gasteiger partial charge in [0.15, 0.2) is 0 Å². The molecule has 0 rings (SSSR count). The summed E-state index contributed by atoms with van der Waals surface area (Å²) in [5, 5.41) is 0. The van der Waals surface area contributed by atoms with Gasteiger partial charge in [-0.2, -0.15) is 13.2 Å². The number of carbonyl (C=O) groups is 2. The van der Waals surface area contributed by atoms with Gasteiger partial charge >= 0.3 is 12.1 Å². The van der Waals surface area contributed by atoms with E-state index in [4.69, 9.17) is 0 Å². The van der Waals surface area contributed by atoms with E-state index in [-0.39, 0.29) is 6.54 Å². The molecule has 7 heteroatoms. The lowest BCUT2D eigenvalue weighted by atomic mass is 10.3. The summed E-state index contributed by atoms with van der Waals surface area (Å²) in [6.45, 7) is 1.36. The van der Waals surface area contributed by atoms with Crippen molar-refractivity contribution in [2.45, 2.75) is 25.9 Å². The largest absolute Gasteiger partial charge is 0.468 e.